The van der Waals surface area contributed by atoms with Crippen LogP contribution in [0.4, 0.5) is 0 Å². The zero-order valence-corrected chi connectivity index (χ0v) is 14.8. The highest BCUT2D eigenvalue weighted by molar-refractivity contribution is 5.88. The number of ketones is 1. The molecule has 1 atom stereocenters. The maximum atomic E-state index is 13.4. The summed E-state index contributed by atoms with van der Waals surface area (Å²) in [7, 11) is 0. The van der Waals surface area contributed by atoms with E-state index in [1.807, 2.05) is 24.7 Å². The summed E-state index contributed by atoms with van der Waals surface area (Å²) in [6.07, 6.45) is 8.95. The van der Waals surface area contributed by atoms with Crippen LogP contribution < -0.4 is 5.73 Å². The lowest BCUT2D eigenvalue weighted by atomic mass is 9.52. The number of carbonyl (C=O) groups excluding carboxylic acids is 2. The molecule has 0 saturated heterocycles. The zero-order valence-electron chi connectivity index (χ0n) is 14.8. The van der Waals surface area contributed by atoms with E-state index in [2.05, 4.69) is 21.7 Å². The number of imidazole rings is 1. The summed E-state index contributed by atoms with van der Waals surface area (Å²) < 4.78 is 2.14. The number of hydrogen-bond acceptors (Lipinski definition) is 3. The van der Waals surface area contributed by atoms with Crippen LogP contribution in [0.5, 0.6) is 0 Å². The van der Waals surface area contributed by atoms with Gasteiger partial charge in [-0.3, -0.25) is 9.59 Å². The van der Waals surface area contributed by atoms with Gasteiger partial charge >= 0.3 is 0 Å². The van der Waals surface area contributed by atoms with Gasteiger partial charge < -0.3 is 10.3 Å². The molecule has 4 aliphatic rings. The second-order valence-electron chi connectivity index (χ2n) is 8.34. The molecule has 1 aromatic carbocycles. The number of Topliss-reactive ketones (excluding diaryl/α,β-unsaturated/α-hetero) is 1. The second-order valence-corrected chi connectivity index (χ2v) is 8.34. The van der Waals surface area contributed by atoms with Gasteiger partial charge in [0.2, 0.25) is 5.91 Å². The lowest BCUT2D eigenvalue weighted by molar-refractivity contribution is -0.147. The fraction of sp³-hybridized carbons (Fsp3) is 0.476. The summed E-state index contributed by atoms with van der Waals surface area (Å²) in [4.78, 5) is 29.5. The summed E-state index contributed by atoms with van der Waals surface area (Å²) in [5, 5.41) is 0. The van der Waals surface area contributed by atoms with Crippen molar-refractivity contribution in [3.63, 3.8) is 0 Å². The Morgan fingerprint density at radius 1 is 1.08 bits per heavy atom. The van der Waals surface area contributed by atoms with Gasteiger partial charge in [0.15, 0.2) is 0 Å². The van der Waals surface area contributed by atoms with Gasteiger partial charge in [0, 0.05) is 22.8 Å². The zero-order chi connectivity index (χ0) is 17.9. The molecule has 2 heterocycles. The minimum absolute atomic E-state index is 0.0373. The molecule has 5 heteroatoms. The van der Waals surface area contributed by atoms with E-state index in [4.69, 9.17) is 5.73 Å². The molecule has 0 radical (unpaired) electrons. The number of primary amides is 1. The van der Waals surface area contributed by atoms with E-state index in [1.54, 1.807) is 0 Å². The normalized spacial score (nSPS) is 31.5. The Kier molecular flexibility index (Phi) is 3.21. The number of amides is 1. The molecule has 1 aliphatic heterocycles. The van der Waals surface area contributed by atoms with Gasteiger partial charge in [-0.25, -0.2) is 4.98 Å². The molecule has 2 aromatic rings. The van der Waals surface area contributed by atoms with Crippen LogP contribution >= 0.6 is 0 Å². The minimum atomic E-state index is -0.348. The van der Waals surface area contributed by atoms with Crippen LogP contribution in [-0.2, 0) is 9.59 Å². The standard InChI is InChI=1S/C21H23N3O2/c22-19(26)21-8-5-20(6-9-21,7-10-21)18(25)11-16-14-3-1-2-4-15(14)17-12-23-13-24(16)17/h1-4,12-13,16H,5-11H2,(H2,22,26). The highest BCUT2D eigenvalue weighted by Gasteiger charge is 2.54. The Bertz CT molecular complexity index is 889. The molecular formula is C21H23N3O2. The molecule has 3 fully saturated rings. The Labute approximate surface area is 152 Å². The van der Waals surface area contributed by atoms with Gasteiger partial charge in [-0.2, -0.15) is 0 Å². The molecule has 3 saturated carbocycles. The third-order valence-electron chi connectivity index (χ3n) is 7.34. The highest BCUT2D eigenvalue weighted by atomic mass is 16.1. The first-order valence-corrected chi connectivity index (χ1v) is 9.49. The van der Waals surface area contributed by atoms with Crippen molar-refractivity contribution in [2.45, 2.75) is 51.0 Å². The van der Waals surface area contributed by atoms with Crippen LogP contribution in [0.25, 0.3) is 11.3 Å². The number of nitrogens with two attached hydrogens (primary N) is 1. The Morgan fingerprint density at radius 3 is 2.42 bits per heavy atom. The molecule has 2 bridgehead atoms. The number of fused-ring (bicyclic) bond motifs is 6. The maximum absolute atomic E-state index is 13.4. The third kappa shape index (κ3) is 2.00. The number of nitrogens with zero attached hydrogens (tertiary/aromatic N) is 2. The fourth-order valence-electron chi connectivity index (χ4n) is 5.51. The molecule has 1 aromatic heterocycles. The number of carbonyl (C=O) groups is 2. The van der Waals surface area contributed by atoms with E-state index in [-0.39, 0.29) is 22.8 Å². The van der Waals surface area contributed by atoms with Gasteiger partial charge in [0.25, 0.3) is 0 Å². The topological polar surface area (TPSA) is 78.0 Å². The molecule has 1 unspecified atom stereocenters. The average molecular weight is 349 g/mol. The van der Waals surface area contributed by atoms with Crippen molar-refractivity contribution < 1.29 is 9.59 Å². The van der Waals surface area contributed by atoms with Crippen LogP contribution in [-0.4, -0.2) is 21.2 Å². The van der Waals surface area contributed by atoms with Gasteiger partial charge in [0.1, 0.15) is 5.78 Å². The van der Waals surface area contributed by atoms with Crippen molar-refractivity contribution >= 4 is 11.7 Å². The number of rotatable bonds is 4. The second kappa shape index (κ2) is 5.29. The molecule has 2 N–H and O–H groups in total. The van der Waals surface area contributed by atoms with Gasteiger partial charge in [-0.15, -0.1) is 0 Å². The van der Waals surface area contributed by atoms with E-state index < -0.39 is 0 Å². The van der Waals surface area contributed by atoms with Crippen molar-refractivity contribution in [2.75, 3.05) is 0 Å². The summed E-state index contributed by atoms with van der Waals surface area (Å²) in [5.41, 5.74) is 8.54. The largest absolute Gasteiger partial charge is 0.369 e. The van der Waals surface area contributed by atoms with E-state index in [0.717, 1.165) is 44.2 Å². The van der Waals surface area contributed by atoms with Crippen LogP contribution in [0, 0.1) is 10.8 Å². The predicted octanol–water partition coefficient (Wildman–Crippen LogP) is 3.24. The third-order valence-corrected chi connectivity index (χ3v) is 7.34. The van der Waals surface area contributed by atoms with Crippen molar-refractivity contribution in [3.05, 3.63) is 42.4 Å². The molecule has 0 spiro atoms. The van der Waals surface area contributed by atoms with E-state index >= 15 is 0 Å². The van der Waals surface area contributed by atoms with Gasteiger partial charge in [-0.05, 0) is 44.1 Å². The SMILES string of the molecule is NC(=O)C12CCC(C(=O)CC3c4ccccc4-c4cncn43)(CC1)CC2. The monoisotopic (exact) mass is 349 g/mol. The van der Waals surface area contributed by atoms with Crippen molar-refractivity contribution in [1.82, 2.24) is 9.55 Å². The van der Waals surface area contributed by atoms with Crippen LogP contribution in [0.3, 0.4) is 0 Å². The summed E-state index contributed by atoms with van der Waals surface area (Å²) >= 11 is 0. The fourth-order valence-corrected chi connectivity index (χ4v) is 5.51. The molecule has 3 aliphatic carbocycles. The van der Waals surface area contributed by atoms with E-state index in [1.165, 1.54) is 11.1 Å². The maximum Gasteiger partial charge on any atom is 0.223 e. The molecular weight excluding hydrogens is 326 g/mol. The summed E-state index contributed by atoms with van der Waals surface area (Å²) in [6, 6.07) is 8.34. The van der Waals surface area contributed by atoms with Crippen LogP contribution in [0.2, 0.25) is 0 Å². The Balaban J connectivity index is 1.42. The van der Waals surface area contributed by atoms with Crippen molar-refractivity contribution in [1.29, 1.82) is 0 Å². The smallest absolute Gasteiger partial charge is 0.223 e. The highest BCUT2D eigenvalue weighted by Crippen LogP contribution is 2.58. The lowest BCUT2D eigenvalue weighted by Crippen LogP contribution is -2.51. The number of hydrogen-bond donors (Lipinski definition) is 1. The van der Waals surface area contributed by atoms with Crippen LogP contribution in [0.1, 0.15) is 56.6 Å². The lowest BCUT2D eigenvalue weighted by Gasteiger charge is -2.51. The van der Waals surface area contributed by atoms with Gasteiger partial charge in [-0.1, -0.05) is 24.3 Å². The number of benzene rings is 1. The summed E-state index contributed by atoms with van der Waals surface area (Å²) in [6.45, 7) is 0. The van der Waals surface area contributed by atoms with E-state index in [0.29, 0.717) is 12.2 Å². The molecule has 6 rings (SSSR count). The molecule has 5 nitrogen and oxygen atoms in total. The number of aromatic nitrogens is 2. The molecule has 134 valence electrons. The van der Waals surface area contributed by atoms with E-state index in [9.17, 15) is 9.59 Å². The minimum Gasteiger partial charge on any atom is -0.369 e. The quantitative estimate of drug-likeness (QED) is 0.920. The molecule has 1 amide bonds. The van der Waals surface area contributed by atoms with Crippen molar-refractivity contribution in [2.24, 2.45) is 16.6 Å². The van der Waals surface area contributed by atoms with Crippen molar-refractivity contribution in [3.8, 4) is 11.3 Å². The summed E-state index contributed by atoms with van der Waals surface area (Å²) in [5.74, 6) is 0.169. The first kappa shape index (κ1) is 15.8. The Morgan fingerprint density at radius 2 is 1.73 bits per heavy atom. The first-order valence-electron chi connectivity index (χ1n) is 9.49. The average Bonchev–Trinajstić information content (AvgIpc) is 3.26. The van der Waals surface area contributed by atoms with Gasteiger partial charge in [0.05, 0.1) is 24.3 Å². The predicted molar refractivity (Wildman–Crippen MR) is 97.2 cm³/mol. The first-order chi connectivity index (χ1) is 12.5. The van der Waals surface area contributed by atoms with Crippen LogP contribution in [0.15, 0.2) is 36.8 Å². The Hall–Kier alpha value is -2.43. The molecule has 26 heavy (non-hydrogen) atoms.